The van der Waals surface area contributed by atoms with Gasteiger partial charge in [0.1, 0.15) is 11.5 Å². The van der Waals surface area contributed by atoms with Crippen molar-refractivity contribution in [3.05, 3.63) is 130 Å². The topological polar surface area (TPSA) is 173 Å². The van der Waals surface area contributed by atoms with Crippen molar-refractivity contribution >= 4 is 23.8 Å². The summed E-state index contributed by atoms with van der Waals surface area (Å²) in [6.07, 6.45) is 2.21. The molecule has 0 fully saturated rings. The molecule has 44 heavy (non-hydrogen) atoms. The zero-order chi connectivity index (χ0) is 29.8. The molecule has 1 aliphatic rings. The van der Waals surface area contributed by atoms with Crippen LogP contribution < -0.4 is 34.3 Å². The predicted molar refractivity (Wildman–Crippen MR) is 157 cm³/mol. The average Bonchev–Trinajstić information content (AvgIpc) is 2.99. The van der Waals surface area contributed by atoms with Crippen molar-refractivity contribution in [3.8, 4) is 11.5 Å². The third-order valence-electron chi connectivity index (χ3n) is 7.28. The van der Waals surface area contributed by atoms with Gasteiger partial charge in [0, 0.05) is 6.54 Å². The second-order valence-corrected chi connectivity index (χ2v) is 9.96. The largest absolute Gasteiger partial charge is 1.00 e. The van der Waals surface area contributed by atoms with Crippen LogP contribution in [0, 0.1) is 0 Å². The van der Waals surface area contributed by atoms with Gasteiger partial charge in [-0.05, 0) is 72.4 Å². The fourth-order valence-corrected chi connectivity index (χ4v) is 5.37. The summed E-state index contributed by atoms with van der Waals surface area (Å²) in [6, 6.07) is 25.3. The summed E-state index contributed by atoms with van der Waals surface area (Å²) in [5.41, 5.74) is 0.333. The van der Waals surface area contributed by atoms with E-state index in [9.17, 15) is 34.5 Å². The van der Waals surface area contributed by atoms with E-state index in [1.165, 1.54) is 4.90 Å². The summed E-state index contributed by atoms with van der Waals surface area (Å²) in [7, 11) is 0. The van der Waals surface area contributed by atoms with E-state index in [0.717, 1.165) is 36.1 Å². The first-order chi connectivity index (χ1) is 20.2. The third-order valence-corrected chi connectivity index (χ3v) is 7.28. The van der Waals surface area contributed by atoms with Crippen LogP contribution in [-0.2, 0) is 13.0 Å². The van der Waals surface area contributed by atoms with Gasteiger partial charge in [0.2, 0.25) is 0 Å². The number of fused-ring (bicyclic) bond motifs is 1. The summed E-state index contributed by atoms with van der Waals surface area (Å²) in [5, 5.41) is 29.2. The van der Waals surface area contributed by atoms with Gasteiger partial charge in [-0.25, -0.2) is 14.4 Å². The molecule has 0 saturated carbocycles. The molecule has 5 rings (SSSR count). The fraction of sp³-hybridized carbons (Fsp3) is 0.152. The van der Waals surface area contributed by atoms with Crippen LogP contribution in [0.15, 0.2) is 91.0 Å². The quantitative estimate of drug-likeness (QED) is 0.244. The standard InChI is InChI=1S/C33H27NO8.Na.H2O.H/c35-30(25-17-27(32(38)39)28(33(40)41)18-26(25)31(36)37)34(29-15-7-10-21-9-4-5-14-24(21)29)19-20-8-6-13-23(16-20)42-22-11-2-1-3-12-22;;;/h1-6,8-9,11-14,16-18,29H,7,10,15,19H2,(H,36,37)(H,38,39)(H,40,41);;1H2;/q;+1;;-1/t29-;;;/m0.../s1. The van der Waals surface area contributed by atoms with E-state index in [1.54, 1.807) is 18.2 Å². The number of hydrogen-bond donors (Lipinski definition) is 3. The summed E-state index contributed by atoms with van der Waals surface area (Å²) in [6.45, 7) is 0.0615. The van der Waals surface area contributed by atoms with Gasteiger partial charge in [-0.2, -0.15) is 0 Å². The summed E-state index contributed by atoms with van der Waals surface area (Å²) >= 11 is 0. The Morgan fingerprint density at radius 3 is 1.95 bits per heavy atom. The van der Waals surface area contributed by atoms with Crippen LogP contribution >= 0.6 is 0 Å². The maximum atomic E-state index is 14.3. The molecule has 1 aliphatic carbocycles. The molecule has 0 radical (unpaired) electrons. The first-order valence-electron chi connectivity index (χ1n) is 13.3. The van der Waals surface area contributed by atoms with E-state index in [1.807, 2.05) is 60.7 Å². The van der Waals surface area contributed by atoms with Crippen molar-refractivity contribution in [3.63, 3.8) is 0 Å². The number of hydrogen-bond acceptors (Lipinski definition) is 5. The summed E-state index contributed by atoms with van der Waals surface area (Å²) in [4.78, 5) is 51.8. The van der Waals surface area contributed by atoms with E-state index in [0.29, 0.717) is 23.5 Å². The molecule has 0 aromatic heterocycles. The Morgan fingerprint density at radius 2 is 1.30 bits per heavy atom. The molecular weight excluding hydrogens is 577 g/mol. The average molecular weight is 608 g/mol. The zero-order valence-corrected chi connectivity index (χ0v) is 25.9. The Hall–Kier alpha value is -4.48. The summed E-state index contributed by atoms with van der Waals surface area (Å²) < 4.78 is 5.97. The third kappa shape index (κ3) is 7.35. The van der Waals surface area contributed by atoms with Crippen molar-refractivity contribution < 1.29 is 75.7 Å². The molecule has 1 amide bonds. The molecular formula is C33H30NNaO9. The van der Waals surface area contributed by atoms with Crippen LogP contribution in [0.25, 0.3) is 0 Å². The van der Waals surface area contributed by atoms with Crippen molar-refractivity contribution in [1.82, 2.24) is 4.90 Å². The minimum absolute atomic E-state index is 0. The van der Waals surface area contributed by atoms with Gasteiger partial charge in [-0.15, -0.1) is 0 Å². The van der Waals surface area contributed by atoms with Gasteiger partial charge in [-0.3, -0.25) is 4.79 Å². The van der Waals surface area contributed by atoms with E-state index in [2.05, 4.69) is 0 Å². The van der Waals surface area contributed by atoms with Crippen LogP contribution in [0.4, 0.5) is 0 Å². The smallest absolute Gasteiger partial charge is 1.00 e. The molecule has 0 saturated heterocycles. The SMILES string of the molecule is O.O=C(O)c1cc(C(=O)O)c(C(=O)N(Cc2cccc(Oc3ccccc3)c2)[C@H]2CCCc3ccccc32)cc1C(=O)O.[H-].[Na+]. The van der Waals surface area contributed by atoms with E-state index < -0.39 is 52.1 Å². The summed E-state index contributed by atoms with van der Waals surface area (Å²) in [5.74, 6) is -4.28. The van der Waals surface area contributed by atoms with Gasteiger partial charge < -0.3 is 31.9 Å². The van der Waals surface area contributed by atoms with Crippen molar-refractivity contribution in [1.29, 1.82) is 0 Å². The molecule has 4 aromatic rings. The Bertz CT molecular complexity index is 1700. The van der Waals surface area contributed by atoms with Crippen LogP contribution in [0.3, 0.4) is 0 Å². The molecule has 0 bridgehead atoms. The van der Waals surface area contributed by atoms with Crippen molar-refractivity contribution in [2.45, 2.75) is 31.8 Å². The number of benzene rings is 4. The molecule has 0 heterocycles. The van der Waals surface area contributed by atoms with Crippen LogP contribution in [0.2, 0.25) is 0 Å². The van der Waals surface area contributed by atoms with E-state index in [-0.39, 0.29) is 43.0 Å². The van der Waals surface area contributed by atoms with Gasteiger partial charge in [0.25, 0.3) is 5.91 Å². The first kappa shape index (κ1) is 34.0. The number of aryl methyl sites for hydroxylation is 1. The molecule has 10 nitrogen and oxygen atoms in total. The molecule has 222 valence electrons. The number of para-hydroxylation sites is 1. The molecule has 11 heteroatoms. The van der Waals surface area contributed by atoms with Gasteiger partial charge >= 0.3 is 47.5 Å². The number of amides is 1. The monoisotopic (exact) mass is 607 g/mol. The first-order valence-corrected chi connectivity index (χ1v) is 13.3. The van der Waals surface area contributed by atoms with Crippen LogP contribution in [0.1, 0.15) is 78.4 Å². The van der Waals surface area contributed by atoms with Gasteiger partial charge in [0.15, 0.2) is 0 Å². The predicted octanol–water partition coefficient (Wildman–Crippen LogP) is 2.59. The minimum Gasteiger partial charge on any atom is -1.00 e. The van der Waals surface area contributed by atoms with Crippen molar-refractivity contribution in [2.75, 3.05) is 0 Å². The molecule has 1 atom stereocenters. The van der Waals surface area contributed by atoms with E-state index in [4.69, 9.17) is 4.74 Å². The Labute approximate surface area is 276 Å². The van der Waals surface area contributed by atoms with Crippen LogP contribution in [0.5, 0.6) is 11.5 Å². The van der Waals surface area contributed by atoms with E-state index >= 15 is 0 Å². The zero-order valence-electron chi connectivity index (χ0n) is 24.9. The Balaban J connectivity index is 0.00000235. The number of rotatable bonds is 9. The number of carbonyl (C=O) groups excluding carboxylic acids is 1. The molecule has 0 aliphatic heterocycles. The second kappa shape index (κ2) is 14.8. The Kier molecular flexibility index (Phi) is 11.4. The maximum Gasteiger partial charge on any atom is 1.00 e. The Morgan fingerprint density at radius 1 is 0.727 bits per heavy atom. The maximum absolute atomic E-state index is 14.3. The van der Waals surface area contributed by atoms with Gasteiger partial charge in [0.05, 0.1) is 28.3 Å². The normalized spacial score (nSPS) is 13.3. The molecule has 0 spiro atoms. The second-order valence-electron chi connectivity index (χ2n) is 9.96. The molecule has 0 unspecified atom stereocenters. The minimum atomic E-state index is -1.61. The number of carboxylic acid groups (broad SMARTS) is 3. The number of aromatic carboxylic acids is 3. The van der Waals surface area contributed by atoms with Crippen molar-refractivity contribution in [2.24, 2.45) is 0 Å². The number of carbonyl (C=O) groups is 4. The number of ether oxygens (including phenoxy) is 1. The molecule has 5 N–H and O–H groups in total. The van der Waals surface area contributed by atoms with Gasteiger partial charge in [-0.1, -0.05) is 54.6 Å². The fourth-order valence-electron chi connectivity index (χ4n) is 5.37. The van der Waals surface area contributed by atoms with Crippen LogP contribution in [-0.4, -0.2) is 49.5 Å². The molecule has 4 aromatic carbocycles. The number of carboxylic acids is 3. The number of nitrogens with zero attached hydrogens (tertiary/aromatic N) is 1.